The molecule has 1 fully saturated rings. The zero-order chi connectivity index (χ0) is 21.8. The number of aromatic nitrogens is 3. The smallest absolute Gasteiger partial charge is 0.351 e. The number of carboxylic acids is 1. The van der Waals surface area contributed by atoms with Gasteiger partial charge in [0.15, 0.2) is 8.32 Å². The minimum atomic E-state index is -2.32. The maximum absolute atomic E-state index is 12.2. The fourth-order valence-electron chi connectivity index (χ4n) is 3.16. The molecule has 29 heavy (non-hydrogen) atoms. The van der Waals surface area contributed by atoms with E-state index in [1.165, 1.54) is 0 Å². The number of nitrogens with zero attached hydrogens (tertiary/aromatic N) is 3. The monoisotopic (exact) mass is 436 g/mol. The number of rotatable bonds is 4. The molecule has 1 aliphatic rings. The molecule has 3 heterocycles. The molecule has 0 radical (unpaired) electrons. The van der Waals surface area contributed by atoms with Crippen LogP contribution in [0.15, 0.2) is 12.3 Å². The first-order chi connectivity index (χ1) is 13.3. The van der Waals surface area contributed by atoms with E-state index in [0.717, 1.165) is 0 Å². The maximum atomic E-state index is 12.2. The van der Waals surface area contributed by atoms with Gasteiger partial charge in [0.2, 0.25) is 5.28 Å². The molecule has 0 saturated carbocycles. The summed E-state index contributed by atoms with van der Waals surface area (Å²) < 4.78 is 14.0. The van der Waals surface area contributed by atoms with E-state index in [2.05, 4.69) is 36.7 Å². The average molecular weight is 437 g/mol. The number of carbonyl (C=O) groups is 1. The van der Waals surface area contributed by atoms with Crippen LogP contribution in [0.1, 0.15) is 33.4 Å². The normalized spacial score (nSPS) is 25.3. The number of fused-ring (bicyclic) bond motifs is 1. The van der Waals surface area contributed by atoms with Gasteiger partial charge in [0.25, 0.3) is 5.60 Å². The highest BCUT2D eigenvalue weighted by molar-refractivity contribution is 6.74. The van der Waals surface area contributed by atoms with Crippen LogP contribution in [-0.4, -0.2) is 45.6 Å². The van der Waals surface area contributed by atoms with Crippen LogP contribution >= 0.6 is 11.6 Å². The van der Waals surface area contributed by atoms with E-state index >= 15 is 0 Å². The second-order valence-corrected chi connectivity index (χ2v) is 13.8. The standard InChI is InChI=1S/C19H25ClN4O4Si/c1-7-19(16(25)26)12(28-29(5,6)18(2,3)4)10-13(27-19)24-9-8-11-14(21)22-17(20)23-15(11)24/h1,8-9,12-13H,10H2,2-6H3,(H,25,26)(H2,21,22,23)/t12-,13+,19-/m0/s1. The van der Waals surface area contributed by atoms with Gasteiger partial charge in [0.1, 0.15) is 23.8 Å². The SMILES string of the molecule is C#C[C@]1(C(=O)O)O[C@@H](n2ccc3c(N)nc(Cl)nc32)C[C@@H]1O[Si](C)(C)C(C)(C)C. The molecule has 0 spiro atoms. The predicted molar refractivity (Wildman–Crippen MR) is 113 cm³/mol. The quantitative estimate of drug-likeness (QED) is 0.428. The number of nitrogen functional groups attached to an aromatic ring is 1. The molecule has 0 aromatic carbocycles. The molecule has 8 nitrogen and oxygen atoms in total. The van der Waals surface area contributed by atoms with Gasteiger partial charge in [0.05, 0.1) is 5.39 Å². The van der Waals surface area contributed by atoms with Crippen molar-refractivity contribution in [2.45, 2.75) is 63.3 Å². The van der Waals surface area contributed by atoms with Crippen molar-refractivity contribution in [3.05, 3.63) is 17.5 Å². The zero-order valence-corrected chi connectivity index (χ0v) is 18.8. The number of halogens is 1. The Bertz CT molecular complexity index is 1010. The Hall–Kier alpha value is -2.12. The van der Waals surface area contributed by atoms with Gasteiger partial charge in [-0.1, -0.05) is 26.7 Å². The summed E-state index contributed by atoms with van der Waals surface area (Å²) >= 11 is 5.96. The first-order valence-corrected chi connectivity index (χ1v) is 12.5. The van der Waals surface area contributed by atoms with Crippen LogP contribution in [0, 0.1) is 12.3 Å². The van der Waals surface area contributed by atoms with Crippen molar-refractivity contribution < 1.29 is 19.1 Å². The molecule has 0 unspecified atom stereocenters. The van der Waals surface area contributed by atoms with Gasteiger partial charge in [-0.25, -0.2) is 9.78 Å². The Kier molecular flexibility index (Phi) is 5.20. The highest BCUT2D eigenvalue weighted by atomic mass is 35.5. The lowest BCUT2D eigenvalue weighted by atomic mass is 9.98. The zero-order valence-electron chi connectivity index (χ0n) is 17.1. The predicted octanol–water partition coefficient (Wildman–Crippen LogP) is 3.43. The van der Waals surface area contributed by atoms with E-state index in [1.807, 2.05) is 13.1 Å². The summed E-state index contributed by atoms with van der Waals surface area (Å²) in [6.07, 6.45) is 6.09. The van der Waals surface area contributed by atoms with Crippen LogP contribution in [-0.2, 0) is 14.0 Å². The fraction of sp³-hybridized carbons (Fsp3) is 0.526. The van der Waals surface area contributed by atoms with Crippen LogP contribution in [0.5, 0.6) is 0 Å². The number of terminal acetylenes is 1. The highest BCUT2D eigenvalue weighted by Gasteiger charge is 2.57. The number of nitrogens with two attached hydrogens (primary N) is 1. The summed E-state index contributed by atoms with van der Waals surface area (Å²) in [5, 5.41) is 10.4. The van der Waals surface area contributed by atoms with E-state index < -0.39 is 32.2 Å². The van der Waals surface area contributed by atoms with E-state index in [0.29, 0.717) is 11.0 Å². The second-order valence-electron chi connectivity index (χ2n) is 8.70. The lowest BCUT2D eigenvalue weighted by Crippen LogP contribution is -2.53. The average Bonchev–Trinajstić information content (AvgIpc) is 3.15. The molecule has 3 N–H and O–H groups in total. The lowest BCUT2D eigenvalue weighted by molar-refractivity contribution is -0.165. The molecular formula is C19H25ClN4O4Si. The van der Waals surface area contributed by atoms with Crippen molar-refractivity contribution in [2.24, 2.45) is 0 Å². The van der Waals surface area contributed by atoms with Gasteiger partial charge in [-0.15, -0.1) is 6.42 Å². The topological polar surface area (TPSA) is 112 Å². The van der Waals surface area contributed by atoms with Gasteiger partial charge in [-0.3, -0.25) is 0 Å². The van der Waals surface area contributed by atoms with Crippen LogP contribution in [0.4, 0.5) is 5.82 Å². The van der Waals surface area contributed by atoms with Gasteiger partial charge in [0, 0.05) is 12.6 Å². The largest absolute Gasteiger partial charge is 0.478 e. The van der Waals surface area contributed by atoms with Crippen molar-refractivity contribution in [3.8, 4) is 12.3 Å². The highest BCUT2D eigenvalue weighted by Crippen LogP contribution is 2.45. The van der Waals surface area contributed by atoms with Crippen LogP contribution < -0.4 is 5.73 Å². The molecule has 1 aliphatic heterocycles. The summed E-state index contributed by atoms with van der Waals surface area (Å²) in [5.41, 5.74) is 4.46. The number of hydrogen-bond acceptors (Lipinski definition) is 6. The van der Waals surface area contributed by atoms with Gasteiger partial charge < -0.3 is 24.6 Å². The van der Waals surface area contributed by atoms with Crippen molar-refractivity contribution in [1.29, 1.82) is 0 Å². The van der Waals surface area contributed by atoms with Crippen LogP contribution in [0.25, 0.3) is 11.0 Å². The third-order valence-electron chi connectivity index (χ3n) is 5.85. The number of ether oxygens (including phenoxy) is 1. The Labute approximate surface area is 175 Å². The Morgan fingerprint density at radius 3 is 2.72 bits per heavy atom. The van der Waals surface area contributed by atoms with Crippen molar-refractivity contribution in [2.75, 3.05) is 5.73 Å². The number of carboxylic acid groups (broad SMARTS) is 1. The summed E-state index contributed by atoms with van der Waals surface area (Å²) in [4.78, 5) is 20.3. The molecule has 3 atom stereocenters. The third kappa shape index (κ3) is 3.50. The minimum Gasteiger partial charge on any atom is -0.478 e. The molecule has 3 rings (SSSR count). The summed E-state index contributed by atoms with van der Waals surface area (Å²) in [5.74, 6) is 1.32. The summed E-state index contributed by atoms with van der Waals surface area (Å²) in [7, 11) is -2.32. The third-order valence-corrected chi connectivity index (χ3v) is 10.5. The number of hydrogen-bond donors (Lipinski definition) is 2. The molecule has 0 aliphatic carbocycles. The number of aliphatic carboxylic acids is 1. The molecule has 10 heteroatoms. The molecule has 156 valence electrons. The first-order valence-electron chi connectivity index (χ1n) is 9.19. The Morgan fingerprint density at radius 2 is 2.17 bits per heavy atom. The van der Waals surface area contributed by atoms with Crippen LogP contribution in [0.2, 0.25) is 23.4 Å². The second kappa shape index (κ2) is 6.99. The van der Waals surface area contributed by atoms with Gasteiger partial charge in [-0.05, 0) is 35.8 Å². The minimum absolute atomic E-state index is 0.0107. The van der Waals surface area contributed by atoms with Gasteiger partial charge >= 0.3 is 5.97 Å². The van der Waals surface area contributed by atoms with Gasteiger partial charge in [-0.2, -0.15) is 4.98 Å². The summed E-state index contributed by atoms with van der Waals surface area (Å²) in [6, 6.07) is 1.73. The first kappa shape index (κ1) is 21.6. The molecular weight excluding hydrogens is 412 g/mol. The van der Waals surface area contributed by atoms with Crippen LogP contribution in [0.3, 0.4) is 0 Å². The summed E-state index contributed by atoms with van der Waals surface area (Å²) in [6.45, 7) is 10.3. The molecule has 2 aromatic rings. The molecule has 2 aromatic heterocycles. The van der Waals surface area contributed by atoms with E-state index in [1.54, 1.807) is 16.8 Å². The molecule has 0 bridgehead atoms. The fourth-order valence-corrected chi connectivity index (χ4v) is 4.66. The van der Waals surface area contributed by atoms with E-state index in [4.69, 9.17) is 32.9 Å². The maximum Gasteiger partial charge on any atom is 0.351 e. The lowest BCUT2D eigenvalue weighted by Gasteiger charge is -2.40. The Balaban J connectivity index is 2.05. The van der Waals surface area contributed by atoms with E-state index in [-0.39, 0.29) is 22.6 Å². The van der Waals surface area contributed by atoms with E-state index in [9.17, 15) is 9.90 Å². The van der Waals surface area contributed by atoms with Crippen molar-refractivity contribution in [1.82, 2.24) is 14.5 Å². The van der Waals surface area contributed by atoms with Crippen molar-refractivity contribution >= 4 is 42.7 Å². The van der Waals surface area contributed by atoms with Crippen molar-refractivity contribution in [3.63, 3.8) is 0 Å². The number of anilines is 1. The molecule has 1 saturated heterocycles. The molecule has 0 amide bonds. The Morgan fingerprint density at radius 1 is 1.52 bits per heavy atom.